The number of aliphatic imine (C=N–C) groups is 1. The summed E-state index contributed by atoms with van der Waals surface area (Å²) < 4.78 is 5.86. The van der Waals surface area contributed by atoms with Crippen LogP contribution in [0.4, 0.5) is 0 Å². The van der Waals surface area contributed by atoms with Gasteiger partial charge in [-0.2, -0.15) is 0 Å². The molecule has 1 aliphatic carbocycles. The molecule has 0 radical (unpaired) electrons. The van der Waals surface area contributed by atoms with Crippen LogP contribution in [0.1, 0.15) is 82.9 Å². The molecule has 0 aromatic heterocycles. The average molecular weight is 383 g/mol. The van der Waals surface area contributed by atoms with Crippen LogP contribution < -0.4 is 4.74 Å². The first-order chi connectivity index (χ1) is 13.6. The molecule has 0 atom stereocenters. The van der Waals surface area contributed by atoms with Crippen LogP contribution in [-0.4, -0.2) is 30.8 Å². The van der Waals surface area contributed by atoms with Gasteiger partial charge in [0.25, 0.3) is 0 Å². The van der Waals surface area contributed by atoms with Gasteiger partial charge in [0, 0.05) is 23.5 Å². The maximum Gasteiger partial charge on any atom is 0.128 e. The number of rotatable bonds is 8. The number of fused-ring (bicyclic) bond motifs is 1. The summed E-state index contributed by atoms with van der Waals surface area (Å²) in [6.07, 6.45) is 9.44. The Hall–Kier alpha value is -1.77. The lowest BCUT2D eigenvalue weighted by Gasteiger charge is -2.35. The van der Waals surface area contributed by atoms with E-state index < -0.39 is 0 Å². The molecule has 0 bridgehead atoms. The molecule has 3 heteroatoms. The highest BCUT2D eigenvalue weighted by Gasteiger charge is 2.26. The van der Waals surface area contributed by atoms with Crippen molar-refractivity contribution in [1.29, 1.82) is 0 Å². The average Bonchev–Trinajstić information content (AvgIpc) is 2.75. The number of allylic oxidation sites excluding steroid dienone is 1. The van der Waals surface area contributed by atoms with Gasteiger partial charge in [0.2, 0.25) is 0 Å². The molecular formula is C25H38N2O. The standard InChI is InChI=1S/C25H38N2O/c1-6-18(7-2)16-27-17-21(8-3)26-25(23(27)9-4)22-14-19-12-10-11-13-20(19)15-24(22)28-5/h14-15,18H,6-13,16-17H2,1-5H3. The molecule has 0 unspecified atom stereocenters. The number of ether oxygens (including phenoxy) is 1. The molecule has 3 rings (SSSR count). The third-order valence-corrected chi connectivity index (χ3v) is 6.59. The molecule has 1 aromatic rings. The Bertz CT molecular complexity index is 743. The van der Waals surface area contributed by atoms with E-state index in [1.807, 2.05) is 0 Å². The third-order valence-electron chi connectivity index (χ3n) is 6.59. The lowest BCUT2D eigenvalue weighted by molar-refractivity contribution is 0.294. The van der Waals surface area contributed by atoms with Gasteiger partial charge in [-0.25, -0.2) is 0 Å². The predicted molar refractivity (Wildman–Crippen MR) is 120 cm³/mol. The summed E-state index contributed by atoms with van der Waals surface area (Å²) in [7, 11) is 1.80. The van der Waals surface area contributed by atoms with Gasteiger partial charge >= 0.3 is 0 Å². The van der Waals surface area contributed by atoms with Crippen LogP contribution in [-0.2, 0) is 12.8 Å². The van der Waals surface area contributed by atoms with E-state index in [2.05, 4.69) is 44.7 Å². The number of benzene rings is 1. The molecule has 1 heterocycles. The summed E-state index contributed by atoms with van der Waals surface area (Å²) in [5, 5.41) is 0. The van der Waals surface area contributed by atoms with Gasteiger partial charge in [0.1, 0.15) is 5.75 Å². The smallest absolute Gasteiger partial charge is 0.128 e. The lowest BCUT2D eigenvalue weighted by atomic mass is 9.88. The van der Waals surface area contributed by atoms with Crippen LogP contribution in [0.15, 0.2) is 22.8 Å². The Morgan fingerprint density at radius 3 is 2.25 bits per heavy atom. The monoisotopic (exact) mass is 382 g/mol. The molecule has 2 aliphatic rings. The van der Waals surface area contributed by atoms with Crippen LogP contribution in [0.5, 0.6) is 5.75 Å². The van der Waals surface area contributed by atoms with Gasteiger partial charge < -0.3 is 9.64 Å². The Morgan fingerprint density at radius 2 is 1.68 bits per heavy atom. The van der Waals surface area contributed by atoms with E-state index in [-0.39, 0.29) is 0 Å². The van der Waals surface area contributed by atoms with E-state index in [4.69, 9.17) is 9.73 Å². The first kappa shape index (κ1) is 21.0. The van der Waals surface area contributed by atoms with Gasteiger partial charge in [-0.15, -0.1) is 0 Å². The van der Waals surface area contributed by atoms with Crippen molar-refractivity contribution in [2.75, 3.05) is 20.2 Å². The van der Waals surface area contributed by atoms with Crippen molar-refractivity contribution in [3.63, 3.8) is 0 Å². The topological polar surface area (TPSA) is 24.8 Å². The quantitative estimate of drug-likeness (QED) is 0.530. The first-order valence-electron chi connectivity index (χ1n) is 11.4. The predicted octanol–water partition coefficient (Wildman–Crippen LogP) is 6.26. The van der Waals surface area contributed by atoms with Gasteiger partial charge in [-0.05, 0) is 67.7 Å². The van der Waals surface area contributed by atoms with E-state index in [1.165, 1.54) is 66.6 Å². The molecular weight excluding hydrogens is 344 g/mol. The lowest BCUT2D eigenvalue weighted by Crippen LogP contribution is -2.36. The highest BCUT2D eigenvalue weighted by molar-refractivity contribution is 5.94. The number of nitrogens with zero attached hydrogens (tertiary/aromatic N) is 2. The summed E-state index contributed by atoms with van der Waals surface area (Å²) in [6.45, 7) is 11.2. The fraction of sp³-hybridized carbons (Fsp3) is 0.640. The molecule has 28 heavy (non-hydrogen) atoms. The number of aryl methyl sites for hydroxylation is 2. The Labute approximate surface area is 171 Å². The summed E-state index contributed by atoms with van der Waals surface area (Å²) in [4.78, 5) is 7.77. The van der Waals surface area contributed by atoms with E-state index >= 15 is 0 Å². The van der Waals surface area contributed by atoms with Crippen molar-refractivity contribution < 1.29 is 4.74 Å². The second kappa shape index (κ2) is 9.62. The number of hydrogen-bond acceptors (Lipinski definition) is 3. The molecule has 154 valence electrons. The SMILES string of the molecule is CCC1=NC(c2cc3c(cc2OC)CCCC3)=C(CC)N(CC(CC)CC)C1. The van der Waals surface area contributed by atoms with Crippen LogP contribution in [0, 0.1) is 5.92 Å². The van der Waals surface area contributed by atoms with E-state index in [1.54, 1.807) is 7.11 Å². The van der Waals surface area contributed by atoms with Gasteiger partial charge in [0.05, 0.1) is 19.4 Å². The Morgan fingerprint density at radius 1 is 1.00 bits per heavy atom. The fourth-order valence-corrected chi connectivity index (χ4v) is 4.67. The van der Waals surface area contributed by atoms with Crippen molar-refractivity contribution in [2.24, 2.45) is 10.9 Å². The Balaban J connectivity index is 2.10. The second-order valence-corrected chi connectivity index (χ2v) is 8.27. The third kappa shape index (κ3) is 4.29. The molecule has 0 saturated heterocycles. The molecule has 0 fully saturated rings. The summed E-state index contributed by atoms with van der Waals surface area (Å²) in [5.74, 6) is 1.73. The van der Waals surface area contributed by atoms with Gasteiger partial charge in [0.15, 0.2) is 0 Å². The van der Waals surface area contributed by atoms with Crippen LogP contribution in [0.3, 0.4) is 0 Å². The highest BCUT2D eigenvalue weighted by atomic mass is 16.5. The van der Waals surface area contributed by atoms with Crippen LogP contribution in [0.25, 0.3) is 5.70 Å². The maximum atomic E-state index is 5.86. The molecule has 1 aliphatic heterocycles. The summed E-state index contributed by atoms with van der Waals surface area (Å²) in [5.41, 5.74) is 7.99. The molecule has 0 saturated carbocycles. The fourth-order valence-electron chi connectivity index (χ4n) is 4.67. The van der Waals surface area contributed by atoms with E-state index in [9.17, 15) is 0 Å². The van der Waals surface area contributed by atoms with Gasteiger partial charge in [-0.3, -0.25) is 4.99 Å². The summed E-state index contributed by atoms with van der Waals surface area (Å²) >= 11 is 0. The zero-order valence-corrected chi connectivity index (χ0v) is 18.6. The molecule has 3 nitrogen and oxygen atoms in total. The van der Waals surface area contributed by atoms with Gasteiger partial charge in [-0.1, -0.05) is 40.5 Å². The first-order valence-corrected chi connectivity index (χ1v) is 11.4. The van der Waals surface area contributed by atoms with Crippen molar-refractivity contribution in [2.45, 2.75) is 79.1 Å². The van der Waals surface area contributed by atoms with Crippen molar-refractivity contribution >= 4 is 11.4 Å². The minimum atomic E-state index is 0.740. The second-order valence-electron chi connectivity index (χ2n) is 8.27. The minimum absolute atomic E-state index is 0.740. The summed E-state index contributed by atoms with van der Waals surface area (Å²) in [6, 6.07) is 4.67. The molecule has 0 amide bonds. The zero-order valence-electron chi connectivity index (χ0n) is 18.6. The molecule has 0 N–H and O–H groups in total. The zero-order chi connectivity index (χ0) is 20.1. The Kier molecular flexibility index (Phi) is 7.20. The van der Waals surface area contributed by atoms with Crippen molar-refractivity contribution in [3.05, 3.63) is 34.5 Å². The maximum absolute atomic E-state index is 5.86. The number of methoxy groups -OCH3 is 1. The minimum Gasteiger partial charge on any atom is -0.496 e. The van der Waals surface area contributed by atoms with E-state index in [0.29, 0.717) is 0 Å². The van der Waals surface area contributed by atoms with Crippen LogP contribution >= 0.6 is 0 Å². The van der Waals surface area contributed by atoms with Crippen LogP contribution in [0.2, 0.25) is 0 Å². The molecule has 0 spiro atoms. The van der Waals surface area contributed by atoms with E-state index in [0.717, 1.165) is 43.3 Å². The molecule has 1 aromatic carbocycles. The highest BCUT2D eigenvalue weighted by Crippen LogP contribution is 2.38. The normalized spacial score (nSPS) is 17.1. The van der Waals surface area contributed by atoms with Crippen molar-refractivity contribution in [3.8, 4) is 5.75 Å². The largest absolute Gasteiger partial charge is 0.496 e. The van der Waals surface area contributed by atoms with Crippen molar-refractivity contribution in [1.82, 2.24) is 4.90 Å². The number of hydrogen-bond donors (Lipinski definition) is 0.